The van der Waals surface area contributed by atoms with E-state index in [0.29, 0.717) is 5.92 Å². The van der Waals surface area contributed by atoms with E-state index in [1.54, 1.807) is 6.08 Å². The summed E-state index contributed by atoms with van der Waals surface area (Å²) in [7, 11) is 0. The molecular weight excluding hydrogens is 126 g/mol. The molecule has 0 saturated carbocycles. The zero-order valence-electron chi connectivity index (χ0n) is 5.77. The average molecular weight is 137 g/mol. The van der Waals surface area contributed by atoms with Crippen LogP contribution in [0.2, 0.25) is 0 Å². The molecule has 1 rings (SSSR count). The number of aliphatic imine (C=N–C) groups is 1. The largest absolute Gasteiger partial charge is 0.516 e. The van der Waals surface area contributed by atoms with Crippen molar-refractivity contribution in [1.29, 1.82) is 0 Å². The molecule has 0 fully saturated rings. The summed E-state index contributed by atoms with van der Waals surface area (Å²) in [6.45, 7) is 3.45. The first-order chi connectivity index (χ1) is 4.86. The van der Waals surface area contributed by atoms with Crippen LogP contribution in [0.15, 0.2) is 29.5 Å². The van der Waals surface area contributed by atoms with Crippen LogP contribution in [0.25, 0.3) is 0 Å². The van der Waals surface area contributed by atoms with Crippen molar-refractivity contribution in [3.05, 3.63) is 24.5 Å². The summed E-state index contributed by atoms with van der Waals surface area (Å²) in [6.07, 6.45) is 7.83. The van der Waals surface area contributed by atoms with Crippen LogP contribution in [-0.2, 0) is 0 Å². The molecule has 54 valence electrons. The van der Waals surface area contributed by atoms with E-state index in [4.69, 9.17) is 5.11 Å². The Morgan fingerprint density at radius 3 is 2.90 bits per heavy atom. The van der Waals surface area contributed by atoms with Crippen LogP contribution in [-0.4, -0.2) is 17.9 Å². The van der Waals surface area contributed by atoms with E-state index in [2.05, 4.69) is 11.7 Å². The van der Waals surface area contributed by atoms with Crippen molar-refractivity contribution in [2.75, 3.05) is 0 Å². The van der Waals surface area contributed by atoms with Gasteiger partial charge in [0.15, 0.2) is 0 Å². The van der Waals surface area contributed by atoms with Gasteiger partial charge in [-0.25, -0.2) is 0 Å². The lowest BCUT2D eigenvalue weighted by Gasteiger charge is -2.00. The van der Waals surface area contributed by atoms with Crippen LogP contribution in [0.3, 0.4) is 0 Å². The Morgan fingerprint density at radius 2 is 2.40 bits per heavy atom. The van der Waals surface area contributed by atoms with Crippen LogP contribution in [0, 0.1) is 5.92 Å². The minimum Gasteiger partial charge on any atom is -0.516 e. The number of aliphatic hydroxyl groups is 1. The number of aliphatic hydroxyl groups excluding tert-OH is 1. The molecule has 0 aromatic heterocycles. The summed E-state index contributed by atoms with van der Waals surface area (Å²) >= 11 is 0. The van der Waals surface area contributed by atoms with Crippen molar-refractivity contribution in [2.24, 2.45) is 10.9 Å². The molecule has 0 unspecified atom stereocenters. The molecule has 2 heteroatoms. The highest BCUT2D eigenvalue weighted by Gasteiger charge is 2.13. The Bertz CT molecular complexity index is 172. The third-order valence-corrected chi connectivity index (χ3v) is 1.66. The topological polar surface area (TPSA) is 32.6 Å². The van der Waals surface area contributed by atoms with Gasteiger partial charge in [0.2, 0.25) is 0 Å². The summed E-state index contributed by atoms with van der Waals surface area (Å²) in [5, 5.41) is 8.42. The molecule has 0 saturated heterocycles. The first-order valence-electron chi connectivity index (χ1n) is 3.32. The van der Waals surface area contributed by atoms with Gasteiger partial charge >= 0.3 is 0 Å². The van der Waals surface area contributed by atoms with Gasteiger partial charge < -0.3 is 5.11 Å². The van der Waals surface area contributed by atoms with Crippen molar-refractivity contribution in [3.63, 3.8) is 0 Å². The van der Waals surface area contributed by atoms with Gasteiger partial charge in [-0.05, 0) is 19.2 Å². The smallest absolute Gasteiger partial charge is 0.0757 e. The molecule has 0 aliphatic heterocycles. The summed E-state index contributed by atoms with van der Waals surface area (Å²) in [4.78, 5) is 3.87. The van der Waals surface area contributed by atoms with Gasteiger partial charge in [-0.2, -0.15) is 0 Å². The average Bonchev–Trinajstić information content (AvgIpc) is 2.37. The van der Waals surface area contributed by atoms with Crippen LogP contribution in [0.4, 0.5) is 0 Å². The fourth-order valence-corrected chi connectivity index (χ4v) is 1.10. The van der Waals surface area contributed by atoms with Gasteiger partial charge in [0.1, 0.15) is 0 Å². The maximum atomic E-state index is 8.42. The summed E-state index contributed by atoms with van der Waals surface area (Å²) in [5.74, 6) is 0.348. The van der Waals surface area contributed by atoms with Crippen LogP contribution >= 0.6 is 0 Å². The summed E-state index contributed by atoms with van der Waals surface area (Å²) in [5.41, 5.74) is 0. The van der Waals surface area contributed by atoms with Crippen molar-refractivity contribution in [2.45, 2.75) is 12.5 Å². The highest BCUT2D eigenvalue weighted by atomic mass is 16.2. The second-order valence-electron chi connectivity index (χ2n) is 2.38. The molecule has 0 heterocycles. The van der Waals surface area contributed by atoms with Gasteiger partial charge in [-0.15, -0.1) is 0 Å². The Labute approximate surface area is 60.6 Å². The van der Waals surface area contributed by atoms with Gasteiger partial charge in [0.05, 0.1) is 12.3 Å². The van der Waals surface area contributed by atoms with Gasteiger partial charge in [0, 0.05) is 5.92 Å². The summed E-state index contributed by atoms with van der Waals surface area (Å²) in [6, 6.07) is 0.251. The van der Waals surface area contributed by atoms with Gasteiger partial charge in [-0.3, -0.25) is 4.99 Å². The fourth-order valence-electron chi connectivity index (χ4n) is 1.10. The van der Waals surface area contributed by atoms with E-state index in [9.17, 15) is 0 Å². The van der Waals surface area contributed by atoms with Crippen LogP contribution in [0.1, 0.15) is 6.42 Å². The molecule has 0 radical (unpaired) electrons. The fraction of sp³-hybridized carbons (Fsp3) is 0.375. The number of rotatable bonds is 2. The third-order valence-electron chi connectivity index (χ3n) is 1.66. The number of hydrogen-bond donors (Lipinski definition) is 1. The van der Waals surface area contributed by atoms with Crippen molar-refractivity contribution < 1.29 is 5.11 Å². The molecule has 1 aliphatic carbocycles. The molecule has 0 aromatic rings. The number of nitrogens with zero attached hydrogens (tertiary/aromatic N) is 1. The van der Waals surface area contributed by atoms with E-state index in [-0.39, 0.29) is 6.04 Å². The lowest BCUT2D eigenvalue weighted by atomic mass is 10.1. The van der Waals surface area contributed by atoms with E-state index < -0.39 is 0 Å². The normalized spacial score (nSPS) is 31.6. The zero-order valence-corrected chi connectivity index (χ0v) is 5.77. The Balaban J connectivity index is 2.44. The molecule has 0 aromatic carbocycles. The monoisotopic (exact) mass is 137 g/mol. The molecule has 2 nitrogen and oxygen atoms in total. The summed E-state index contributed by atoms with van der Waals surface area (Å²) < 4.78 is 0. The van der Waals surface area contributed by atoms with Crippen molar-refractivity contribution in [1.82, 2.24) is 0 Å². The quantitative estimate of drug-likeness (QED) is 0.350. The maximum absolute atomic E-state index is 8.42. The van der Waals surface area contributed by atoms with E-state index in [0.717, 1.165) is 12.7 Å². The van der Waals surface area contributed by atoms with E-state index in [1.807, 2.05) is 12.2 Å². The minimum atomic E-state index is 0.251. The van der Waals surface area contributed by atoms with Crippen molar-refractivity contribution >= 4 is 6.72 Å². The predicted octanol–water partition coefficient (Wildman–Crippen LogP) is 1.70. The second-order valence-corrected chi connectivity index (χ2v) is 2.38. The highest BCUT2D eigenvalue weighted by Crippen LogP contribution is 2.20. The van der Waals surface area contributed by atoms with Crippen LogP contribution in [0.5, 0.6) is 0 Å². The van der Waals surface area contributed by atoms with E-state index in [1.165, 1.54) is 0 Å². The van der Waals surface area contributed by atoms with Crippen molar-refractivity contribution in [3.8, 4) is 0 Å². The minimum absolute atomic E-state index is 0.251. The predicted molar refractivity (Wildman–Crippen MR) is 42.4 cm³/mol. The molecule has 0 amide bonds. The molecule has 10 heavy (non-hydrogen) atoms. The highest BCUT2D eigenvalue weighted by molar-refractivity contribution is 5.27. The molecule has 1 aliphatic rings. The van der Waals surface area contributed by atoms with E-state index >= 15 is 0 Å². The first-order valence-corrected chi connectivity index (χ1v) is 3.32. The third kappa shape index (κ3) is 1.47. The molecular formula is C8H11NO. The Hall–Kier alpha value is -1.05. The molecule has 0 bridgehead atoms. The van der Waals surface area contributed by atoms with Gasteiger partial charge in [-0.1, -0.05) is 12.2 Å². The Morgan fingerprint density at radius 1 is 1.60 bits per heavy atom. The SMILES string of the molecule is C=N[C@@H]1C=C[C@H](/C=C/O)C1. The van der Waals surface area contributed by atoms with Gasteiger partial charge in [0.25, 0.3) is 0 Å². The lowest BCUT2D eigenvalue weighted by molar-refractivity contribution is 0.466. The Kier molecular flexibility index (Phi) is 2.26. The second kappa shape index (κ2) is 3.20. The lowest BCUT2D eigenvalue weighted by Crippen LogP contribution is -1.97. The zero-order chi connectivity index (χ0) is 7.40. The molecule has 1 N–H and O–H groups in total. The first kappa shape index (κ1) is 7.06. The van der Waals surface area contributed by atoms with Crippen LogP contribution < -0.4 is 0 Å². The standard InChI is InChI=1S/C8H11NO/c1-9-8-3-2-7(6-8)4-5-10/h2-5,7-8,10H,1,6H2/b5-4+/t7-,8-/m1/s1. The number of allylic oxidation sites excluding steroid dienone is 2. The molecule has 0 spiro atoms. The molecule has 2 atom stereocenters. The maximum Gasteiger partial charge on any atom is 0.0757 e. The number of hydrogen-bond acceptors (Lipinski definition) is 2.